The number of halogens is 3. The third kappa shape index (κ3) is 3.80. The Balaban J connectivity index is 1.96. The minimum absolute atomic E-state index is 0.0674. The summed E-state index contributed by atoms with van der Waals surface area (Å²) in [5, 5.41) is 0.455. The molecule has 0 N–H and O–H groups in total. The lowest BCUT2D eigenvalue weighted by Gasteiger charge is -2.29. The number of carbonyl (C=O) groups excluding carboxylic acids is 1. The van der Waals surface area contributed by atoms with Gasteiger partial charge in [0.1, 0.15) is 17.6 Å². The molecule has 0 atom stereocenters. The molecule has 1 fully saturated rings. The second-order valence-corrected chi connectivity index (χ2v) is 6.70. The number of alkyl halides is 3. The minimum atomic E-state index is -4.52. The molecule has 5 heteroatoms. The predicted octanol–water partition coefficient (Wildman–Crippen LogP) is 6.02. The van der Waals surface area contributed by atoms with Crippen LogP contribution in [0.2, 0.25) is 0 Å². The number of ether oxygens (including phenoxy) is 1. The van der Waals surface area contributed by atoms with Crippen LogP contribution in [-0.2, 0) is 6.18 Å². The van der Waals surface area contributed by atoms with E-state index < -0.39 is 11.7 Å². The zero-order chi connectivity index (χ0) is 18.0. The number of benzene rings is 2. The molecule has 1 aliphatic carbocycles. The Hall–Kier alpha value is -2.04. The molecule has 25 heavy (non-hydrogen) atoms. The number of carbonyl (C=O) groups is 1. The quantitative estimate of drug-likeness (QED) is 0.630. The Morgan fingerprint density at radius 2 is 1.84 bits per heavy atom. The third-order valence-electron chi connectivity index (χ3n) is 5.09. The van der Waals surface area contributed by atoms with Crippen LogP contribution in [-0.4, -0.2) is 12.4 Å². The lowest BCUT2D eigenvalue weighted by atomic mass is 9.86. The fraction of sp³-hybridized carbons (Fsp3) is 0.450. The Labute approximate surface area is 145 Å². The van der Waals surface area contributed by atoms with Gasteiger partial charge in [0.2, 0.25) is 0 Å². The maximum absolute atomic E-state index is 13.7. The van der Waals surface area contributed by atoms with Gasteiger partial charge in [-0.2, -0.15) is 13.2 Å². The SMILES string of the molecule is CC[C@H]1CC[C@@H](Oc2ccc3cc(C=O)ccc3c2C(F)(F)F)CC1. The summed E-state index contributed by atoms with van der Waals surface area (Å²) < 4.78 is 46.8. The molecule has 0 spiro atoms. The first kappa shape index (κ1) is 17.8. The first-order valence-electron chi connectivity index (χ1n) is 8.68. The number of hydrogen-bond acceptors (Lipinski definition) is 2. The van der Waals surface area contributed by atoms with E-state index in [1.165, 1.54) is 24.3 Å². The maximum Gasteiger partial charge on any atom is 0.420 e. The van der Waals surface area contributed by atoms with Gasteiger partial charge in [-0.15, -0.1) is 0 Å². The molecule has 0 amide bonds. The zero-order valence-electron chi connectivity index (χ0n) is 14.1. The van der Waals surface area contributed by atoms with Gasteiger partial charge in [0.25, 0.3) is 0 Å². The summed E-state index contributed by atoms with van der Waals surface area (Å²) in [5.74, 6) is 0.541. The maximum atomic E-state index is 13.7. The number of aldehydes is 1. The molecule has 0 heterocycles. The van der Waals surface area contributed by atoms with Crippen molar-refractivity contribution in [2.75, 3.05) is 0 Å². The highest BCUT2D eigenvalue weighted by atomic mass is 19.4. The summed E-state index contributed by atoms with van der Waals surface area (Å²) in [5.41, 5.74) is -0.396. The first-order chi connectivity index (χ1) is 11.9. The van der Waals surface area contributed by atoms with E-state index in [1.807, 2.05) is 0 Å². The van der Waals surface area contributed by atoms with E-state index >= 15 is 0 Å². The largest absolute Gasteiger partial charge is 0.490 e. The van der Waals surface area contributed by atoms with E-state index in [0.717, 1.165) is 32.1 Å². The lowest BCUT2D eigenvalue weighted by Crippen LogP contribution is -2.25. The summed E-state index contributed by atoms with van der Waals surface area (Å²) >= 11 is 0. The molecule has 3 rings (SSSR count). The molecule has 0 saturated heterocycles. The fourth-order valence-corrected chi connectivity index (χ4v) is 3.63. The van der Waals surface area contributed by atoms with Crippen LogP contribution in [0.1, 0.15) is 54.9 Å². The smallest absolute Gasteiger partial charge is 0.420 e. The molecule has 0 radical (unpaired) electrons. The molecular formula is C20H21F3O2. The van der Waals surface area contributed by atoms with Crippen molar-refractivity contribution in [3.05, 3.63) is 41.5 Å². The average molecular weight is 350 g/mol. The zero-order valence-corrected chi connectivity index (χ0v) is 14.1. The summed E-state index contributed by atoms with van der Waals surface area (Å²) in [7, 11) is 0. The normalized spacial score (nSPS) is 21.3. The number of rotatable bonds is 4. The van der Waals surface area contributed by atoms with Crippen LogP contribution in [0, 0.1) is 5.92 Å². The number of hydrogen-bond donors (Lipinski definition) is 0. The van der Waals surface area contributed by atoms with Crippen molar-refractivity contribution in [3.63, 3.8) is 0 Å². The molecular weight excluding hydrogens is 329 g/mol. The molecule has 0 unspecified atom stereocenters. The Kier molecular flexibility index (Phi) is 5.02. The molecule has 2 aromatic rings. The van der Waals surface area contributed by atoms with Gasteiger partial charge in [-0.05, 0) is 54.5 Å². The summed E-state index contributed by atoms with van der Waals surface area (Å²) in [6.07, 6.45) is 0.625. The molecule has 0 aromatic heterocycles. The highest BCUT2D eigenvalue weighted by Gasteiger charge is 2.37. The fourth-order valence-electron chi connectivity index (χ4n) is 3.63. The lowest BCUT2D eigenvalue weighted by molar-refractivity contribution is -0.138. The van der Waals surface area contributed by atoms with E-state index in [-0.39, 0.29) is 17.2 Å². The van der Waals surface area contributed by atoms with E-state index in [9.17, 15) is 18.0 Å². The summed E-state index contributed by atoms with van der Waals surface area (Å²) in [6, 6.07) is 7.19. The van der Waals surface area contributed by atoms with Crippen LogP contribution in [0.15, 0.2) is 30.3 Å². The Morgan fingerprint density at radius 1 is 1.12 bits per heavy atom. The van der Waals surface area contributed by atoms with Gasteiger partial charge in [-0.1, -0.05) is 31.5 Å². The number of fused-ring (bicyclic) bond motifs is 1. The topological polar surface area (TPSA) is 26.3 Å². The molecule has 1 aliphatic rings. The van der Waals surface area contributed by atoms with Crippen molar-refractivity contribution >= 4 is 17.1 Å². The molecule has 134 valence electrons. The molecule has 2 nitrogen and oxygen atoms in total. The van der Waals surface area contributed by atoms with Gasteiger partial charge < -0.3 is 4.74 Å². The Morgan fingerprint density at radius 3 is 2.44 bits per heavy atom. The van der Waals surface area contributed by atoms with Crippen LogP contribution < -0.4 is 4.74 Å². The molecule has 1 saturated carbocycles. The van der Waals surface area contributed by atoms with Gasteiger partial charge in [-0.25, -0.2) is 0 Å². The van der Waals surface area contributed by atoms with Crippen molar-refractivity contribution in [1.82, 2.24) is 0 Å². The molecule has 2 aromatic carbocycles. The van der Waals surface area contributed by atoms with Gasteiger partial charge in [-0.3, -0.25) is 4.79 Å². The van der Waals surface area contributed by atoms with Gasteiger partial charge in [0.15, 0.2) is 0 Å². The summed E-state index contributed by atoms with van der Waals surface area (Å²) in [4.78, 5) is 10.9. The van der Waals surface area contributed by atoms with Crippen molar-refractivity contribution in [2.45, 2.75) is 51.3 Å². The van der Waals surface area contributed by atoms with Crippen molar-refractivity contribution in [1.29, 1.82) is 0 Å². The van der Waals surface area contributed by atoms with Gasteiger partial charge in [0, 0.05) is 5.56 Å². The highest BCUT2D eigenvalue weighted by Crippen LogP contribution is 2.42. The van der Waals surface area contributed by atoms with Crippen LogP contribution in [0.3, 0.4) is 0 Å². The second kappa shape index (κ2) is 7.06. The second-order valence-electron chi connectivity index (χ2n) is 6.70. The van der Waals surface area contributed by atoms with E-state index in [0.29, 0.717) is 23.2 Å². The monoisotopic (exact) mass is 350 g/mol. The molecule has 0 aliphatic heterocycles. The van der Waals surface area contributed by atoms with Crippen molar-refractivity contribution in [3.8, 4) is 5.75 Å². The predicted molar refractivity (Wildman–Crippen MR) is 91.0 cm³/mol. The standard InChI is InChI=1S/C20H21F3O2/c1-2-13-3-7-16(8-4-13)25-18-10-6-15-11-14(12-24)5-9-17(15)19(18)20(21,22)23/h5-6,9-13,16H,2-4,7-8H2,1H3/t13-,16+. The minimum Gasteiger partial charge on any atom is -0.490 e. The van der Waals surface area contributed by atoms with E-state index in [2.05, 4.69) is 6.92 Å². The van der Waals surface area contributed by atoms with Crippen LogP contribution in [0.4, 0.5) is 13.2 Å². The van der Waals surface area contributed by atoms with Gasteiger partial charge in [0.05, 0.1) is 6.10 Å². The van der Waals surface area contributed by atoms with E-state index in [1.54, 1.807) is 6.07 Å². The van der Waals surface area contributed by atoms with Crippen LogP contribution in [0.5, 0.6) is 5.75 Å². The highest BCUT2D eigenvalue weighted by molar-refractivity contribution is 5.92. The van der Waals surface area contributed by atoms with Gasteiger partial charge >= 0.3 is 6.18 Å². The van der Waals surface area contributed by atoms with E-state index in [4.69, 9.17) is 4.74 Å². The van der Waals surface area contributed by atoms with Crippen molar-refractivity contribution in [2.24, 2.45) is 5.92 Å². The van der Waals surface area contributed by atoms with Crippen LogP contribution in [0.25, 0.3) is 10.8 Å². The third-order valence-corrected chi connectivity index (χ3v) is 5.09. The Bertz CT molecular complexity index is 759. The van der Waals surface area contributed by atoms with Crippen LogP contribution >= 0.6 is 0 Å². The molecule has 0 bridgehead atoms. The first-order valence-corrected chi connectivity index (χ1v) is 8.68. The van der Waals surface area contributed by atoms with Crippen molar-refractivity contribution < 1.29 is 22.7 Å². The average Bonchev–Trinajstić information content (AvgIpc) is 2.60. The summed E-state index contributed by atoms with van der Waals surface area (Å²) in [6.45, 7) is 2.14.